The Balaban J connectivity index is 2.35. The van der Waals surface area contributed by atoms with E-state index in [1.807, 2.05) is 0 Å². The summed E-state index contributed by atoms with van der Waals surface area (Å²) in [7, 11) is 0. The van der Waals surface area contributed by atoms with Crippen LogP contribution in [-0.2, 0) is 9.47 Å². The van der Waals surface area contributed by atoms with Crippen molar-refractivity contribution in [3.05, 3.63) is 35.6 Å². The van der Waals surface area contributed by atoms with Gasteiger partial charge in [0.05, 0.1) is 19.3 Å². The molecule has 1 rings (SSSR count). The molecule has 0 aromatic heterocycles. The van der Waals surface area contributed by atoms with Crippen molar-refractivity contribution in [2.45, 2.75) is 19.4 Å². The molecule has 0 aliphatic rings. The van der Waals surface area contributed by atoms with Crippen LogP contribution in [0.25, 0.3) is 0 Å². The molecule has 1 aromatic rings. The minimum atomic E-state index is -0.254. The van der Waals surface area contributed by atoms with Gasteiger partial charge in [-0.2, -0.15) is 0 Å². The maximum Gasteiger partial charge on any atom is 0.123 e. The molecule has 96 valence electrons. The predicted octanol–water partition coefficient (Wildman–Crippen LogP) is 2.27. The quantitative estimate of drug-likeness (QED) is 0.710. The van der Waals surface area contributed by atoms with Crippen LogP contribution in [0.15, 0.2) is 24.3 Å². The zero-order valence-corrected chi connectivity index (χ0v) is 10.2. The molecule has 0 heterocycles. The SMILES string of the molecule is CCCOCCOC(CN)c1ccc(F)cc1. The number of hydrogen-bond donors (Lipinski definition) is 1. The maximum atomic E-state index is 12.8. The van der Waals surface area contributed by atoms with E-state index in [2.05, 4.69) is 6.92 Å². The van der Waals surface area contributed by atoms with Crippen molar-refractivity contribution in [1.82, 2.24) is 0 Å². The molecule has 1 unspecified atom stereocenters. The first-order chi connectivity index (χ1) is 8.27. The Bertz CT molecular complexity index is 303. The Morgan fingerprint density at radius 1 is 1.18 bits per heavy atom. The predicted molar refractivity (Wildman–Crippen MR) is 65.3 cm³/mol. The lowest BCUT2D eigenvalue weighted by molar-refractivity contribution is 0.00763. The van der Waals surface area contributed by atoms with Crippen LogP contribution in [0.5, 0.6) is 0 Å². The molecule has 0 aliphatic carbocycles. The summed E-state index contributed by atoms with van der Waals surface area (Å²) in [4.78, 5) is 0. The van der Waals surface area contributed by atoms with E-state index in [9.17, 15) is 4.39 Å². The Morgan fingerprint density at radius 3 is 2.47 bits per heavy atom. The minimum Gasteiger partial charge on any atom is -0.379 e. The summed E-state index contributed by atoms with van der Waals surface area (Å²) in [6, 6.07) is 6.21. The van der Waals surface area contributed by atoms with Crippen molar-refractivity contribution in [2.24, 2.45) is 5.73 Å². The summed E-state index contributed by atoms with van der Waals surface area (Å²) >= 11 is 0. The van der Waals surface area contributed by atoms with Crippen LogP contribution < -0.4 is 5.73 Å². The summed E-state index contributed by atoms with van der Waals surface area (Å²) in [6.45, 7) is 4.24. The fourth-order valence-corrected chi connectivity index (χ4v) is 1.47. The smallest absolute Gasteiger partial charge is 0.123 e. The summed E-state index contributed by atoms with van der Waals surface area (Å²) in [5.74, 6) is -0.254. The van der Waals surface area contributed by atoms with Gasteiger partial charge in [0.15, 0.2) is 0 Å². The van der Waals surface area contributed by atoms with Crippen molar-refractivity contribution in [3.63, 3.8) is 0 Å². The molecule has 0 radical (unpaired) electrons. The average molecular weight is 241 g/mol. The largest absolute Gasteiger partial charge is 0.379 e. The molecule has 1 atom stereocenters. The molecular weight excluding hydrogens is 221 g/mol. The first-order valence-corrected chi connectivity index (χ1v) is 5.92. The van der Waals surface area contributed by atoms with Crippen LogP contribution >= 0.6 is 0 Å². The van der Waals surface area contributed by atoms with Gasteiger partial charge in [0.2, 0.25) is 0 Å². The van der Waals surface area contributed by atoms with Crippen LogP contribution in [0, 0.1) is 5.82 Å². The Morgan fingerprint density at radius 2 is 1.88 bits per heavy atom. The van der Waals surface area contributed by atoms with Gasteiger partial charge in [-0.1, -0.05) is 19.1 Å². The monoisotopic (exact) mass is 241 g/mol. The zero-order chi connectivity index (χ0) is 12.5. The molecule has 0 amide bonds. The van der Waals surface area contributed by atoms with E-state index in [-0.39, 0.29) is 11.9 Å². The van der Waals surface area contributed by atoms with E-state index >= 15 is 0 Å². The first kappa shape index (κ1) is 14.1. The van der Waals surface area contributed by atoms with E-state index in [1.54, 1.807) is 12.1 Å². The Kier molecular flexibility index (Phi) is 6.77. The highest BCUT2D eigenvalue weighted by molar-refractivity contribution is 5.18. The van der Waals surface area contributed by atoms with Gasteiger partial charge >= 0.3 is 0 Å². The average Bonchev–Trinajstić information content (AvgIpc) is 2.35. The second-order valence-electron chi connectivity index (χ2n) is 3.76. The molecule has 4 heteroatoms. The summed E-state index contributed by atoms with van der Waals surface area (Å²) in [6.07, 6.45) is 0.805. The number of ether oxygens (including phenoxy) is 2. The fourth-order valence-electron chi connectivity index (χ4n) is 1.47. The lowest BCUT2D eigenvalue weighted by atomic mass is 10.1. The van der Waals surface area contributed by atoms with E-state index in [4.69, 9.17) is 15.2 Å². The number of benzene rings is 1. The maximum absolute atomic E-state index is 12.8. The van der Waals surface area contributed by atoms with Crippen LogP contribution in [-0.4, -0.2) is 26.4 Å². The van der Waals surface area contributed by atoms with Gasteiger partial charge in [-0.05, 0) is 24.1 Å². The number of rotatable bonds is 8. The number of hydrogen-bond acceptors (Lipinski definition) is 3. The van der Waals surface area contributed by atoms with Gasteiger partial charge in [0.1, 0.15) is 5.82 Å². The second kappa shape index (κ2) is 8.17. The molecule has 0 saturated carbocycles. The van der Waals surface area contributed by atoms with Gasteiger partial charge in [0, 0.05) is 13.2 Å². The normalized spacial score (nSPS) is 12.6. The van der Waals surface area contributed by atoms with Gasteiger partial charge < -0.3 is 15.2 Å². The highest BCUT2D eigenvalue weighted by Crippen LogP contribution is 2.16. The van der Waals surface area contributed by atoms with Gasteiger partial charge in [-0.15, -0.1) is 0 Å². The van der Waals surface area contributed by atoms with E-state index in [1.165, 1.54) is 12.1 Å². The van der Waals surface area contributed by atoms with Gasteiger partial charge in [-0.3, -0.25) is 0 Å². The molecule has 3 nitrogen and oxygen atoms in total. The van der Waals surface area contributed by atoms with E-state index in [0.717, 1.165) is 18.6 Å². The lowest BCUT2D eigenvalue weighted by Crippen LogP contribution is -2.18. The standard InChI is InChI=1S/C13H20FNO2/c1-2-7-16-8-9-17-13(10-15)11-3-5-12(14)6-4-11/h3-6,13H,2,7-10,15H2,1H3. The molecule has 1 aromatic carbocycles. The van der Waals surface area contributed by atoms with Gasteiger partial charge in [-0.25, -0.2) is 4.39 Å². The number of halogens is 1. The zero-order valence-electron chi connectivity index (χ0n) is 10.2. The molecule has 17 heavy (non-hydrogen) atoms. The second-order valence-corrected chi connectivity index (χ2v) is 3.76. The third-order valence-corrected chi connectivity index (χ3v) is 2.35. The van der Waals surface area contributed by atoms with Crippen molar-refractivity contribution in [1.29, 1.82) is 0 Å². The van der Waals surface area contributed by atoms with Crippen molar-refractivity contribution >= 4 is 0 Å². The minimum absolute atomic E-state index is 0.194. The third-order valence-electron chi connectivity index (χ3n) is 2.35. The Hall–Kier alpha value is -0.970. The van der Waals surface area contributed by atoms with E-state index in [0.29, 0.717) is 19.8 Å². The molecular formula is C13H20FNO2. The molecule has 0 aliphatic heterocycles. The molecule has 0 fully saturated rings. The lowest BCUT2D eigenvalue weighted by Gasteiger charge is -2.16. The Labute approximate surface area is 102 Å². The summed E-state index contributed by atoms with van der Waals surface area (Å²) < 4.78 is 23.7. The van der Waals surface area contributed by atoms with Crippen molar-refractivity contribution in [3.8, 4) is 0 Å². The van der Waals surface area contributed by atoms with Crippen molar-refractivity contribution < 1.29 is 13.9 Å². The molecule has 0 bridgehead atoms. The highest BCUT2D eigenvalue weighted by atomic mass is 19.1. The van der Waals surface area contributed by atoms with Crippen molar-refractivity contribution in [2.75, 3.05) is 26.4 Å². The van der Waals surface area contributed by atoms with Gasteiger partial charge in [0.25, 0.3) is 0 Å². The molecule has 0 saturated heterocycles. The first-order valence-electron chi connectivity index (χ1n) is 5.92. The van der Waals surface area contributed by atoms with Crippen LogP contribution in [0.1, 0.15) is 25.0 Å². The third kappa shape index (κ3) is 5.26. The summed E-state index contributed by atoms with van der Waals surface area (Å²) in [5.41, 5.74) is 6.52. The topological polar surface area (TPSA) is 44.5 Å². The van der Waals surface area contributed by atoms with Crippen LogP contribution in [0.3, 0.4) is 0 Å². The fraction of sp³-hybridized carbons (Fsp3) is 0.538. The number of nitrogens with two attached hydrogens (primary N) is 1. The van der Waals surface area contributed by atoms with Crippen LogP contribution in [0.2, 0.25) is 0 Å². The molecule has 2 N–H and O–H groups in total. The highest BCUT2D eigenvalue weighted by Gasteiger charge is 2.09. The molecule has 0 spiro atoms. The summed E-state index contributed by atoms with van der Waals surface area (Å²) in [5, 5.41) is 0. The van der Waals surface area contributed by atoms with E-state index < -0.39 is 0 Å². The van der Waals surface area contributed by atoms with Crippen LogP contribution in [0.4, 0.5) is 4.39 Å².